The largest absolute Gasteiger partial charge is 0.371 e. The second-order valence-corrected chi connectivity index (χ2v) is 18.0. The first-order valence-corrected chi connectivity index (χ1v) is 21.7. The Morgan fingerprint density at radius 2 is 1.55 bits per heavy atom. The number of nitrogens with one attached hydrogen (secondary N) is 1. The number of nitriles is 1. The van der Waals surface area contributed by atoms with Gasteiger partial charge < -0.3 is 19.6 Å². The number of carbonyl (C=O) groups excluding carboxylic acids is 5. The topological polar surface area (TPSA) is 154 Å². The number of piperazine rings is 1. The van der Waals surface area contributed by atoms with Gasteiger partial charge in [-0.1, -0.05) is 11.6 Å². The van der Waals surface area contributed by atoms with Gasteiger partial charge in [-0.05, 0) is 105 Å². The van der Waals surface area contributed by atoms with Gasteiger partial charge in [-0.3, -0.25) is 39.1 Å². The van der Waals surface area contributed by atoms with E-state index in [1.165, 1.54) is 0 Å². The average molecular weight is 832 g/mol. The number of amides is 5. The smallest absolute Gasteiger partial charge is 0.272 e. The van der Waals surface area contributed by atoms with Crippen molar-refractivity contribution < 1.29 is 24.0 Å². The molecule has 0 aliphatic carbocycles. The zero-order valence-electron chi connectivity index (χ0n) is 33.9. The van der Waals surface area contributed by atoms with Gasteiger partial charge in [0.15, 0.2) is 0 Å². The molecule has 1 unspecified atom stereocenters. The van der Waals surface area contributed by atoms with Crippen molar-refractivity contribution in [1.29, 1.82) is 5.26 Å². The number of fused-ring (bicyclic) bond motifs is 1. The zero-order valence-corrected chi connectivity index (χ0v) is 34.7. The summed E-state index contributed by atoms with van der Waals surface area (Å²) >= 11 is 6.38. The number of hydrogen-bond acceptors (Lipinski definition) is 11. The van der Waals surface area contributed by atoms with Crippen LogP contribution in [-0.4, -0.2) is 127 Å². The number of benzene rings is 2. The first-order chi connectivity index (χ1) is 29.0. The highest BCUT2D eigenvalue weighted by molar-refractivity contribution is 6.32. The third-order valence-corrected chi connectivity index (χ3v) is 14.2. The third-order valence-electron chi connectivity index (χ3n) is 13.9. The molecule has 7 heterocycles. The highest BCUT2D eigenvalue weighted by Gasteiger charge is 2.46. The highest BCUT2D eigenvalue weighted by Crippen LogP contribution is 2.46. The second kappa shape index (κ2) is 16.2. The number of aromatic nitrogens is 1. The zero-order chi connectivity index (χ0) is 41.7. The van der Waals surface area contributed by atoms with Crippen molar-refractivity contribution in [2.45, 2.75) is 64.0 Å². The molecule has 1 N–H and O–H groups in total. The van der Waals surface area contributed by atoms with Crippen molar-refractivity contribution in [3.05, 3.63) is 82.1 Å². The van der Waals surface area contributed by atoms with Gasteiger partial charge in [-0.15, -0.1) is 0 Å². The average Bonchev–Trinajstić information content (AvgIpc) is 3.71. The summed E-state index contributed by atoms with van der Waals surface area (Å²) in [5, 5.41) is 12.0. The Labute approximate surface area is 355 Å². The molecule has 5 saturated heterocycles. The predicted molar refractivity (Wildman–Crippen MR) is 226 cm³/mol. The minimum absolute atomic E-state index is 0.0233. The second-order valence-electron chi connectivity index (χ2n) is 17.5. The Hall–Kier alpha value is -5.52. The van der Waals surface area contributed by atoms with Crippen LogP contribution < -0.4 is 20.0 Å². The highest BCUT2D eigenvalue weighted by atomic mass is 35.5. The first-order valence-electron chi connectivity index (χ1n) is 21.3. The lowest BCUT2D eigenvalue weighted by Crippen LogP contribution is -2.54. The summed E-state index contributed by atoms with van der Waals surface area (Å²) in [5.74, 6) is -1.49. The molecule has 0 bridgehead atoms. The number of pyridine rings is 1. The van der Waals surface area contributed by atoms with Gasteiger partial charge in [-0.2, -0.15) is 5.26 Å². The third kappa shape index (κ3) is 7.58. The lowest BCUT2D eigenvalue weighted by Gasteiger charge is -2.40. The van der Waals surface area contributed by atoms with Crippen LogP contribution in [0.25, 0.3) is 0 Å². The molecule has 1 spiro atoms. The van der Waals surface area contributed by atoms with Crippen LogP contribution in [0.1, 0.15) is 88.6 Å². The fourth-order valence-corrected chi connectivity index (χ4v) is 10.6. The number of piperidine rings is 3. The van der Waals surface area contributed by atoms with Crippen molar-refractivity contribution in [3.63, 3.8) is 0 Å². The van der Waals surface area contributed by atoms with E-state index in [0.717, 1.165) is 106 Å². The molecule has 2 aromatic carbocycles. The normalized spacial score (nSPS) is 23.6. The number of rotatable bonds is 7. The van der Waals surface area contributed by atoms with Crippen LogP contribution in [0.4, 0.5) is 17.1 Å². The van der Waals surface area contributed by atoms with E-state index in [1.807, 2.05) is 47.5 Å². The SMILES string of the molecule is C[C@H]1CC2(CCN(c3ccc(C(=O)N4CCN(CC5CCN(c6ccc7c(c6)C(=O)N(C6CCC(=O)NC6=O)C7=O)CC5)CC4)nc3)CC2)CN1c1ccc(C#N)c(Cl)c1. The Kier molecular flexibility index (Phi) is 10.7. The van der Waals surface area contributed by atoms with Crippen LogP contribution in [-0.2, 0) is 9.59 Å². The molecule has 60 heavy (non-hydrogen) atoms. The Balaban J connectivity index is 0.717. The fraction of sp³-hybridized carbons (Fsp3) is 0.489. The minimum Gasteiger partial charge on any atom is -0.371 e. The molecule has 0 saturated carbocycles. The Morgan fingerprint density at radius 1 is 0.850 bits per heavy atom. The van der Waals surface area contributed by atoms with Gasteiger partial charge in [0.25, 0.3) is 17.7 Å². The van der Waals surface area contributed by atoms with Crippen LogP contribution >= 0.6 is 11.6 Å². The molecule has 14 nitrogen and oxygen atoms in total. The fourth-order valence-electron chi connectivity index (χ4n) is 10.4. The number of hydrogen-bond donors (Lipinski definition) is 1. The molecule has 3 aromatic rings. The van der Waals surface area contributed by atoms with E-state index in [1.54, 1.807) is 12.1 Å². The van der Waals surface area contributed by atoms with Crippen molar-refractivity contribution in [3.8, 4) is 6.07 Å². The van der Waals surface area contributed by atoms with Crippen molar-refractivity contribution in [1.82, 2.24) is 25.0 Å². The van der Waals surface area contributed by atoms with Gasteiger partial charge in [0, 0.05) is 89.3 Å². The van der Waals surface area contributed by atoms with Crippen LogP contribution in [0.2, 0.25) is 5.02 Å². The Bertz CT molecular complexity index is 2250. The number of nitrogens with zero attached hydrogens (tertiary/aromatic N) is 8. The van der Waals surface area contributed by atoms with E-state index < -0.39 is 29.7 Å². The van der Waals surface area contributed by atoms with Crippen molar-refractivity contribution in [2.75, 3.05) is 80.1 Å². The molecular formula is C45H50ClN9O5. The van der Waals surface area contributed by atoms with Crippen molar-refractivity contribution >= 4 is 58.2 Å². The minimum atomic E-state index is -0.976. The molecular weight excluding hydrogens is 782 g/mol. The summed E-state index contributed by atoms with van der Waals surface area (Å²) in [7, 11) is 0. The first kappa shape index (κ1) is 39.9. The van der Waals surface area contributed by atoms with Crippen LogP contribution in [0.5, 0.6) is 0 Å². The molecule has 5 amide bonds. The number of anilines is 3. The molecule has 0 radical (unpaired) electrons. The van der Waals surface area contributed by atoms with Gasteiger partial charge in [0.05, 0.1) is 33.6 Å². The van der Waals surface area contributed by atoms with E-state index in [-0.39, 0.29) is 24.2 Å². The lowest BCUT2D eigenvalue weighted by atomic mass is 9.76. The summed E-state index contributed by atoms with van der Waals surface area (Å²) in [6.45, 7) is 10.7. The van der Waals surface area contributed by atoms with E-state index in [0.29, 0.717) is 52.5 Å². The van der Waals surface area contributed by atoms with E-state index in [9.17, 15) is 29.2 Å². The van der Waals surface area contributed by atoms with Gasteiger partial charge in [0.1, 0.15) is 17.8 Å². The summed E-state index contributed by atoms with van der Waals surface area (Å²) in [6.07, 6.45) is 7.34. The van der Waals surface area contributed by atoms with Crippen LogP contribution in [0, 0.1) is 22.7 Å². The molecule has 1 aromatic heterocycles. The van der Waals surface area contributed by atoms with Crippen LogP contribution in [0.15, 0.2) is 54.7 Å². The summed E-state index contributed by atoms with van der Waals surface area (Å²) in [4.78, 5) is 81.2. The van der Waals surface area contributed by atoms with Crippen molar-refractivity contribution in [2.24, 2.45) is 11.3 Å². The van der Waals surface area contributed by atoms with Gasteiger partial charge in [0.2, 0.25) is 11.8 Å². The molecule has 2 atom stereocenters. The maximum absolute atomic E-state index is 13.5. The standard InChI is InChI=1S/C45H50ClN9O5/c1-29-24-45(28-54(29)33-3-2-31(25-47)37(46)23-33)12-16-52(17-13-45)34-5-7-38(48-26-34)44(60)53-20-18-50(19-21-53)27-30-10-14-51(15-11-30)32-4-6-35-36(22-32)43(59)55(42(35)58)39-8-9-40(56)49-41(39)57/h2-7,22-23,26,29-30,39H,8-21,24,27-28H2,1H3,(H,49,56,57)/t29-,39?/m0/s1. The Morgan fingerprint density at radius 3 is 2.23 bits per heavy atom. The number of imide groups is 2. The molecule has 5 fully saturated rings. The lowest BCUT2D eigenvalue weighted by molar-refractivity contribution is -0.136. The monoisotopic (exact) mass is 831 g/mol. The summed E-state index contributed by atoms with van der Waals surface area (Å²) in [5.41, 5.74) is 4.83. The van der Waals surface area contributed by atoms with Gasteiger partial charge in [-0.25, -0.2) is 4.98 Å². The summed E-state index contributed by atoms with van der Waals surface area (Å²) in [6, 6.07) is 16.6. The molecule has 9 rings (SSSR count). The van der Waals surface area contributed by atoms with Crippen LogP contribution in [0.3, 0.4) is 0 Å². The van der Waals surface area contributed by atoms with Gasteiger partial charge >= 0.3 is 0 Å². The van der Waals surface area contributed by atoms with E-state index in [2.05, 4.69) is 42.9 Å². The molecule has 15 heteroatoms. The molecule has 6 aliphatic heterocycles. The van der Waals surface area contributed by atoms with E-state index >= 15 is 0 Å². The maximum Gasteiger partial charge on any atom is 0.272 e. The maximum atomic E-state index is 13.5. The molecule has 312 valence electrons. The number of carbonyl (C=O) groups is 5. The van der Waals surface area contributed by atoms with E-state index in [4.69, 9.17) is 11.6 Å². The summed E-state index contributed by atoms with van der Waals surface area (Å²) < 4.78 is 0. The molecule has 6 aliphatic rings. The quantitative estimate of drug-likeness (QED) is 0.334. The number of halogens is 1. The predicted octanol–water partition coefficient (Wildman–Crippen LogP) is 4.57.